The Hall–Kier alpha value is -1.22. The van der Waals surface area contributed by atoms with Gasteiger partial charge in [0.15, 0.2) is 0 Å². The molecule has 0 fully saturated rings. The summed E-state index contributed by atoms with van der Waals surface area (Å²) in [7, 11) is -3.05. The Balaban J connectivity index is 2.97. The maximum atomic E-state index is 11.8. The Morgan fingerprint density at radius 2 is 1.35 bits per heavy atom. The number of carbonyl (C=O) groups excluding carboxylic acids is 2. The summed E-state index contributed by atoms with van der Waals surface area (Å²) in [6, 6.07) is 0. The van der Waals surface area contributed by atoms with E-state index in [2.05, 4.69) is 0 Å². The summed E-state index contributed by atoms with van der Waals surface area (Å²) in [6.07, 6.45) is 4.83. The second-order valence-corrected chi connectivity index (χ2v) is 8.39. The summed E-state index contributed by atoms with van der Waals surface area (Å²) in [5, 5.41) is 0.865. The largest absolute Gasteiger partial charge is 0.532 e. The second-order valence-electron chi connectivity index (χ2n) is 5.77. The zero-order valence-electron chi connectivity index (χ0n) is 16.2. The summed E-state index contributed by atoms with van der Waals surface area (Å²) in [5.41, 5.74) is 0. The Bertz CT molecular complexity index is 447. The molecule has 7 nitrogen and oxygen atoms in total. The lowest BCUT2D eigenvalue weighted by Crippen LogP contribution is -2.49. The molecule has 1 aliphatic rings. The van der Waals surface area contributed by atoms with E-state index in [-0.39, 0.29) is 18.5 Å². The lowest BCUT2D eigenvalue weighted by Gasteiger charge is -2.30. The number of hydrogen-bond acceptors (Lipinski definition) is 7. The van der Waals surface area contributed by atoms with Crippen LogP contribution in [-0.4, -0.2) is 53.8 Å². The molecule has 150 valence electrons. The Labute approximate surface area is 157 Å². The maximum absolute atomic E-state index is 11.8. The van der Waals surface area contributed by atoms with Crippen LogP contribution >= 0.6 is 0 Å². The summed E-state index contributed by atoms with van der Waals surface area (Å²) in [4.78, 5) is 23.5. The standard InChI is InChI=1S/C18H32O7Si/c1-4-23-26(24-5-2,25-6-3)16-10-9-14-21-17(19)11-7-8-12-18(20)22-15-13-16/h10H,4-9,11-15H2,1-3H3/b16-10-. The van der Waals surface area contributed by atoms with E-state index in [1.54, 1.807) is 0 Å². The first kappa shape index (κ1) is 22.8. The van der Waals surface area contributed by atoms with E-state index in [1.807, 2.05) is 26.8 Å². The third-order valence-corrected chi connectivity index (χ3v) is 7.06. The van der Waals surface area contributed by atoms with Gasteiger partial charge in [-0.25, -0.2) is 0 Å². The summed E-state index contributed by atoms with van der Waals surface area (Å²) >= 11 is 0. The van der Waals surface area contributed by atoms with E-state index in [9.17, 15) is 9.59 Å². The van der Waals surface area contributed by atoms with Gasteiger partial charge >= 0.3 is 20.7 Å². The Morgan fingerprint density at radius 1 is 0.846 bits per heavy atom. The molecule has 0 aromatic carbocycles. The van der Waals surface area contributed by atoms with Crippen molar-refractivity contribution in [3.8, 4) is 0 Å². The summed E-state index contributed by atoms with van der Waals surface area (Å²) in [6.45, 7) is 7.61. The first-order valence-electron chi connectivity index (χ1n) is 9.50. The van der Waals surface area contributed by atoms with Gasteiger partial charge < -0.3 is 22.8 Å². The van der Waals surface area contributed by atoms with Crippen molar-refractivity contribution in [2.45, 2.75) is 59.3 Å². The van der Waals surface area contributed by atoms with Crippen LogP contribution in [0.5, 0.6) is 0 Å². The molecule has 0 aliphatic carbocycles. The van der Waals surface area contributed by atoms with Crippen LogP contribution in [0.1, 0.15) is 59.3 Å². The molecule has 0 saturated heterocycles. The lowest BCUT2D eigenvalue weighted by atomic mass is 10.2. The topological polar surface area (TPSA) is 80.3 Å². The molecule has 1 rings (SSSR count). The average molecular weight is 389 g/mol. The van der Waals surface area contributed by atoms with Crippen LogP contribution in [0, 0.1) is 0 Å². The van der Waals surface area contributed by atoms with Gasteiger partial charge in [-0.15, -0.1) is 0 Å². The predicted octanol–water partition coefficient (Wildman–Crippen LogP) is 2.94. The van der Waals surface area contributed by atoms with Gasteiger partial charge in [0.1, 0.15) is 0 Å². The molecular formula is C18H32O7Si. The first-order chi connectivity index (χ1) is 12.6. The molecule has 26 heavy (non-hydrogen) atoms. The van der Waals surface area contributed by atoms with E-state index in [1.165, 1.54) is 0 Å². The third kappa shape index (κ3) is 7.99. The molecule has 0 unspecified atom stereocenters. The predicted molar refractivity (Wildman–Crippen MR) is 98.3 cm³/mol. The quantitative estimate of drug-likeness (QED) is 0.490. The van der Waals surface area contributed by atoms with Gasteiger partial charge in [-0.3, -0.25) is 9.59 Å². The molecule has 8 heteroatoms. The van der Waals surface area contributed by atoms with E-state index >= 15 is 0 Å². The second kappa shape index (κ2) is 13.0. The summed E-state index contributed by atoms with van der Waals surface area (Å²) < 4.78 is 28.4. The van der Waals surface area contributed by atoms with Crippen molar-refractivity contribution < 1.29 is 32.3 Å². The third-order valence-electron chi connectivity index (χ3n) is 3.81. The fourth-order valence-corrected chi connectivity index (χ4v) is 5.47. The summed E-state index contributed by atoms with van der Waals surface area (Å²) in [5.74, 6) is -0.500. The van der Waals surface area contributed by atoms with E-state index < -0.39 is 8.80 Å². The van der Waals surface area contributed by atoms with Gasteiger partial charge in [-0.05, 0) is 45.2 Å². The highest BCUT2D eigenvalue weighted by atomic mass is 28.4. The number of ether oxygens (including phenoxy) is 2. The highest BCUT2D eigenvalue weighted by Gasteiger charge is 2.44. The van der Waals surface area contributed by atoms with Crippen molar-refractivity contribution in [2.75, 3.05) is 33.0 Å². The monoisotopic (exact) mass is 388 g/mol. The minimum Gasteiger partial charge on any atom is -0.465 e. The van der Waals surface area contributed by atoms with Crippen LogP contribution in [0.2, 0.25) is 0 Å². The fourth-order valence-electron chi connectivity index (χ4n) is 2.72. The highest BCUT2D eigenvalue weighted by molar-refractivity contribution is 6.68. The molecule has 1 heterocycles. The van der Waals surface area contributed by atoms with Crippen molar-refractivity contribution in [2.24, 2.45) is 0 Å². The van der Waals surface area contributed by atoms with Crippen molar-refractivity contribution in [1.82, 2.24) is 0 Å². The molecule has 0 aromatic heterocycles. The van der Waals surface area contributed by atoms with Gasteiger partial charge in [0.2, 0.25) is 0 Å². The smallest absolute Gasteiger partial charge is 0.465 e. The van der Waals surface area contributed by atoms with Crippen LogP contribution in [0.4, 0.5) is 0 Å². The fraction of sp³-hybridized carbons (Fsp3) is 0.778. The molecule has 1 aliphatic heterocycles. The molecule has 0 bridgehead atoms. The SMILES string of the molecule is CCO[Si](OCC)(OCC)/C1=C\CCOC(=O)CCCCC(=O)OCC1. The highest BCUT2D eigenvalue weighted by Crippen LogP contribution is 2.24. The molecular weight excluding hydrogens is 356 g/mol. The van der Waals surface area contributed by atoms with E-state index in [0.29, 0.717) is 65.0 Å². The van der Waals surface area contributed by atoms with Crippen molar-refractivity contribution in [3.63, 3.8) is 0 Å². The van der Waals surface area contributed by atoms with Crippen molar-refractivity contribution in [1.29, 1.82) is 0 Å². The first-order valence-corrected chi connectivity index (χ1v) is 11.2. The van der Waals surface area contributed by atoms with Gasteiger partial charge in [-0.2, -0.15) is 0 Å². The molecule has 0 amide bonds. The Kier molecular flexibility index (Phi) is 11.4. The number of cyclic esters (lactones) is 2. The minimum atomic E-state index is -3.05. The maximum Gasteiger partial charge on any atom is 0.532 e. The lowest BCUT2D eigenvalue weighted by molar-refractivity contribution is -0.145. The van der Waals surface area contributed by atoms with E-state index in [4.69, 9.17) is 22.8 Å². The van der Waals surface area contributed by atoms with Gasteiger partial charge in [0.25, 0.3) is 0 Å². The zero-order chi connectivity index (χ0) is 19.3. The average Bonchev–Trinajstić information content (AvgIpc) is 2.60. The van der Waals surface area contributed by atoms with Gasteiger partial charge in [-0.1, -0.05) is 6.08 Å². The number of esters is 2. The van der Waals surface area contributed by atoms with Crippen LogP contribution in [0.25, 0.3) is 0 Å². The van der Waals surface area contributed by atoms with Gasteiger partial charge in [0, 0.05) is 39.1 Å². The number of rotatable bonds is 7. The van der Waals surface area contributed by atoms with Crippen molar-refractivity contribution in [3.05, 3.63) is 11.3 Å². The molecule has 0 radical (unpaired) electrons. The van der Waals surface area contributed by atoms with Crippen LogP contribution in [0.3, 0.4) is 0 Å². The van der Waals surface area contributed by atoms with Crippen LogP contribution in [-0.2, 0) is 32.3 Å². The van der Waals surface area contributed by atoms with Crippen molar-refractivity contribution >= 4 is 20.7 Å². The molecule has 0 aromatic rings. The molecule has 0 saturated carbocycles. The van der Waals surface area contributed by atoms with E-state index in [0.717, 1.165) is 5.20 Å². The zero-order valence-corrected chi connectivity index (χ0v) is 17.2. The molecule has 0 atom stereocenters. The Morgan fingerprint density at radius 3 is 1.85 bits per heavy atom. The molecule has 0 spiro atoms. The normalized spacial score (nSPS) is 20.5. The number of hydrogen-bond donors (Lipinski definition) is 0. The van der Waals surface area contributed by atoms with Gasteiger partial charge in [0.05, 0.1) is 13.2 Å². The minimum absolute atomic E-state index is 0.242. The molecule has 0 N–H and O–H groups in total. The van der Waals surface area contributed by atoms with Crippen LogP contribution < -0.4 is 0 Å². The van der Waals surface area contributed by atoms with Crippen LogP contribution in [0.15, 0.2) is 11.3 Å². The number of carbonyl (C=O) groups is 2.